The van der Waals surface area contributed by atoms with Crippen LogP contribution in [-0.4, -0.2) is 60.6 Å². The summed E-state index contributed by atoms with van der Waals surface area (Å²) >= 11 is 1.01. The van der Waals surface area contributed by atoms with Crippen molar-refractivity contribution in [2.75, 3.05) is 19.4 Å². The molecule has 0 saturated carbocycles. The number of methoxy groups -OCH3 is 1. The number of nitrogens with one attached hydrogen (secondary N) is 2. The summed E-state index contributed by atoms with van der Waals surface area (Å²) in [5.41, 5.74) is 0. The molecule has 0 aliphatic carbocycles. The van der Waals surface area contributed by atoms with Crippen molar-refractivity contribution >= 4 is 29.5 Å². The number of hydrogen-bond donors (Lipinski definition) is 3. The molecule has 0 radical (unpaired) electrons. The van der Waals surface area contributed by atoms with Gasteiger partial charge in [0.25, 0.3) is 0 Å². The Balaban J connectivity index is 5.28. The molecule has 174 valence electrons. The van der Waals surface area contributed by atoms with Crippen molar-refractivity contribution in [3.63, 3.8) is 0 Å². The van der Waals surface area contributed by atoms with Crippen LogP contribution >= 0.6 is 11.8 Å². The summed E-state index contributed by atoms with van der Waals surface area (Å²) < 4.78 is 42.3. The number of hydrogen-bond acceptors (Lipinski definition) is 6. The summed E-state index contributed by atoms with van der Waals surface area (Å²) in [5, 5.41) is 14.2. The number of unbranched alkanes of at least 4 members (excludes halogenated alkanes) is 3. The van der Waals surface area contributed by atoms with Gasteiger partial charge in [-0.2, -0.15) is 13.2 Å². The van der Waals surface area contributed by atoms with Gasteiger partial charge in [0, 0.05) is 10.7 Å². The smallest absolute Gasteiger partial charge is 0.468 e. The second-order valence-corrected chi connectivity index (χ2v) is 7.63. The predicted octanol–water partition coefficient (Wildman–Crippen LogP) is 2.68. The summed E-state index contributed by atoms with van der Waals surface area (Å²) in [6.07, 6.45) is 0.438. The number of carbonyl (C=O) groups is 3. The molecule has 11 heteroatoms. The minimum Gasteiger partial charge on any atom is -0.468 e. The van der Waals surface area contributed by atoms with Crippen molar-refractivity contribution in [1.82, 2.24) is 10.6 Å². The SMILES string of the molecule is CCCCC=C(SC[C@H](NC(=O)C(F)(F)F)C(=O)NCC(=O)OC)[C@H](O)CCCC. The summed E-state index contributed by atoms with van der Waals surface area (Å²) in [7, 11) is 1.10. The third kappa shape index (κ3) is 12.1. The number of allylic oxidation sites excluding steroid dienone is 1. The van der Waals surface area contributed by atoms with Crippen molar-refractivity contribution in [1.29, 1.82) is 0 Å². The van der Waals surface area contributed by atoms with Gasteiger partial charge in [-0.15, -0.1) is 11.8 Å². The first kappa shape index (κ1) is 28.2. The van der Waals surface area contributed by atoms with Gasteiger partial charge >= 0.3 is 18.1 Å². The van der Waals surface area contributed by atoms with Gasteiger partial charge in [-0.3, -0.25) is 14.4 Å². The maximum absolute atomic E-state index is 12.6. The van der Waals surface area contributed by atoms with Gasteiger partial charge in [-0.05, 0) is 12.8 Å². The Kier molecular flexibility index (Phi) is 14.2. The summed E-state index contributed by atoms with van der Waals surface area (Å²) in [6.45, 7) is 3.42. The largest absolute Gasteiger partial charge is 0.471 e. The third-order valence-electron chi connectivity index (χ3n) is 3.99. The molecule has 0 aliphatic rings. The first-order valence-electron chi connectivity index (χ1n) is 9.79. The molecule has 2 amide bonds. The molecule has 0 aliphatic heterocycles. The number of halogens is 3. The second-order valence-electron chi connectivity index (χ2n) is 6.54. The Morgan fingerprint density at radius 1 is 1.17 bits per heavy atom. The van der Waals surface area contributed by atoms with Crippen LogP contribution in [-0.2, 0) is 19.1 Å². The van der Waals surface area contributed by atoms with Crippen LogP contribution in [0.1, 0.15) is 52.4 Å². The van der Waals surface area contributed by atoms with E-state index in [4.69, 9.17) is 0 Å². The van der Waals surface area contributed by atoms with Crippen molar-refractivity contribution in [2.24, 2.45) is 0 Å². The van der Waals surface area contributed by atoms with Gasteiger partial charge in [0.1, 0.15) is 12.6 Å². The number of amides is 2. The number of alkyl halides is 3. The monoisotopic (exact) mass is 456 g/mol. The predicted molar refractivity (Wildman–Crippen MR) is 109 cm³/mol. The quantitative estimate of drug-likeness (QED) is 0.274. The van der Waals surface area contributed by atoms with Crippen LogP contribution in [0.4, 0.5) is 13.2 Å². The molecule has 0 fully saturated rings. The summed E-state index contributed by atoms with van der Waals surface area (Å²) in [6, 6.07) is -1.55. The van der Waals surface area contributed by atoms with Crippen LogP contribution in [0.25, 0.3) is 0 Å². The maximum atomic E-state index is 12.6. The molecular formula is C19H31F3N2O5S. The molecule has 0 aromatic heterocycles. The molecule has 0 saturated heterocycles. The number of rotatable bonds is 14. The Labute approximate surface area is 179 Å². The highest BCUT2D eigenvalue weighted by Crippen LogP contribution is 2.25. The van der Waals surface area contributed by atoms with E-state index in [1.54, 1.807) is 5.32 Å². The molecule has 0 aromatic rings. The maximum Gasteiger partial charge on any atom is 0.471 e. The summed E-state index contributed by atoms with van der Waals surface area (Å²) in [5.74, 6) is -4.24. The number of thioether (sulfide) groups is 1. The number of aliphatic hydroxyl groups is 1. The van der Waals surface area contributed by atoms with Crippen molar-refractivity contribution < 1.29 is 37.4 Å². The van der Waals surface area contributed by atoms with E-state index in [2.05, 4.69) is 10.1 Å². The van der Waals surface area contributed by atoms with E-state index in [1.807, 2.05) is 19.9 Å². The van der Waals surface area contributed by atoms with Gasteiger partial charge in [-0.1, -0.05) is 45.6 Å². The van der Waals surface area contributed by atoms with Crippen LogP contribution < -0.4 is 10.6 Å². The Morgan fingerprint density at radius 3 is 2.33 bits per heavy atom. The number of carbonyl (C=O) groups excluding carboxylic acids is 3. The van der Waals surface area contributed by atoms with E-state index < -0.39 is 42.7 Å². The minimum atomic E-state index is -5.16. The average molecular weight is 457 g/mol. The molecule has 0 rings (SSSR count). The van der Waals surface area contributed by atoms with Crippen molar-refractivity contribution in [2.45, 2.75) is 70.7 Å². The fourth-order valence-electron chi connectivity index (χ4n) is 2.24. The van der Waals surface area contributed by atoms with Crippen LogP contribution in [0.15, 0.2) is 11.0 Å². The highest BCUT2D eigenvalue weighted by Gasteiger charge is 2.41. The first-order chi connectivity index (χ1) is 14.1. The van der Waals surface area contributed by atoms with Crippen LogP contribution in [0.2, 0.25) is 0 Å². The molecule has 0 spiro atoms. The average Bonchev–Trinajstić information content (AvgIpc) is 2.70. The topological polar surface area (TPSA) is 105 Å². The van der Waals surface area contributed by atoms with Crippen molar-refractivity contribution in [3.8, 4) is 0 Å². The lowest BCUT2D eigenvalue weighted by Crippen LogP contribution is -2.52. The lowest BCUT2D eigenvalue weighted by molar-refractivity contribution is -0.174. The zero-order valence-electron chi connectivity index (χ0n) is 17.5. The van der Waals surface area contributed by atoms with E-state index in [0.29, 0.717) is 17.7 Å². The zero-order chi connectivity index (χ0) is 23.2. The van der Waals surface area contributed by atoms with Gasteiger partial charge in [0.15, 0.2) is 0 Å². The minimum absolute atomic E-state index is 0.240. The highest BCUT2D eigenvalue weighted by atomic mass is 32.2. The van der Waals surface area contributed by atoms with E-state index in [9.17, 15) is 32.7 Å². The second kappa shape index (κ2) is 15.1. The molecule has 0 unspecified atom stereocenters. The van der Waals surface area contributed by atoms with Crippen LogP contribution in [0, 0.1) is 0 Å². The fraction of sp³-hybridized carbons (Fsp3) is 0.737. The normalized spacial score (nSPS) is 14.0. The van der Waals surface area contributed by atoms with Gasteiger partial charge in [-0.25, -0.2) is 0 Å². The van der Waals surface area contributed by atoms with E-state index in [-0.39, 0.29) is 5.75 Å². The van der Waals surface area contributed by atoms with Gasteiger partial charge in [0.05, 0.1) is 13.2 Å². The van der Waals surface area contributed by atoms with E-state index >= 15 is 0 Å². The fourth-order valence-corrected chi connectivity index (χ4v) is 3.38. The zero-order valence-corrected chi connectivity index (χ0v) is 18.3. The molecular weight excluding hydrogens is 425 g/mol. The summed E-state index contributed by atoms with van der Waals surface area (Å²) in [4.78, 5) is 35.3. The molecule has 3 N–H and O–H groups in total. The first-order valence-corrected chi connectivity index (χ1v) is 10.8. The van der Waals surface area contributed by atoms with Crippen molar-refractivity contribution in [3.05, 3.63) is 11.0 Å². The lowest BCUT2D eigenvalue weighted by atomic mass is 10.1. The number of ether oxygens (including phenoxy) is 1. The Hall–Kier alpha value is -1.75. The number of esters is 1. The molecule has 2 atom stereocenters. The number of aliphatic hydroxyl groups excluding tert-OH is 1. The standard InChI is InChI=1S/C19H31F3N2O5S/c1-4-6-8-10-15(14(25)9-7-5-2)30-12-13(24-18(28)19(20,21)22)17(27)23-11-16(26)29-3/h10,13-14,25H,4-9,11-12H2,1-3H3,(H,23,27)(H,24,28)/t13-,14+/m0/s1. The van der Waals surface area contributed by atoms with E-state index in [0.717, 1.165) is 44.6 Å². The Morgan fingerprint density at radius 2 is 1.80 bits per heavy atom. The molecule has 30 heavy (non-hydrogen) atoms. The van der Waals surface area contributed by atoms with E-state index in [1.165, 1.54) is 0 Å². The lowest BCUT2D eigenvalue weighted by Gasteiger charge is -2.21. The van der Waals surface area contributed by atoms with Gasteiger partial charge < -0.3 is 20.5 Å². The van der Waals surface area contributed by atoms with Gasteiger partial charge in [0.2, 0.25) is 5.91 Å². The molecule has 0 heterocycles. The molecule has 0 bridgehead atoms. The highest BCUT2D eigenvalue weighted by molar-refractivity contribution is 8.03. The van der Waals surface area contributed by atoms with Crippen LogP contribution in [0.3, 0.4) is 0 Å². The molecule has 7 nitrogen and oxygen atoms in total. The molecule has 0 aromatic carbocycles. The third-order valence-corrected chi connectivity index (χ3v) is 5.27. The Bertz CT molecular complexity index is 585. The van der Waals surface area contributed by atoms with Crippen LogP contribution in [0.5, 0.6) is 0 Å².